The van der Waals surface area contributed by atoms with E-state index in [1.165, 1.54) is 18.2 Å². The number of nitrogens with zero attached hydrogens (tertiary/aromatic N) is 3. The van der Waals surface area contributed by atoms with Gasteiger partial charge in [-0.3, -0.25) is 24.1 Å². The van der Waals surface area contributed by atoms with Crippen molar-refractivity contribution in [1.82, 2.24) is 4.98 Å². The molecule has 9 nitrogen and oxygen atoms in total. The molecule has 52 heavy (non-hydrogen) atoms. The minimum absolute atomic E-state index is 0.0671. The standard InChI is InChI=1S/C39H25BrCl2FN3O6/c40-20-7-16-29(47)26(17-20)32-24-14-15-25-31(27(24)18-38(41)36(50)46(37(51)39(32,38)42)23-12-8-21(43)9-13-23)35(49)45(34(25)48)22-10-5-19(6-11-22)33-44-28-3-1-2-4-30(28)52-33/h1-14,16-17,25,27,31-32,47H,15,18H2. The van der Waals surface area contributed by atoms with Crippen molar-refractivity contribution in [2.75, 3.05) is 9.80 Å². The Kier molecular flexibility index (Phi) is 7.36. The highest BCUT2D eigenvalue weighted by atomic mass is 79.9. The molecule has 2 aliphatic carbocycles. The fourth-order valence-corrected chi connectivity index (χ4v) is 9.81. The Hall–Kier alpha value is -4.84. The van der Waals surface area contributed by atoms with Gasteiger partial charge in [0.15, 0.2) is 15.3 Å². The molecule has 9 rings (SSSR count). The molecule has 0 radical (unpaired) electrons. The minimum atomic E-state index is -2.17. The largest absolute Gasteiger partial charge is 0.508 e. The van der Waals surface area contributed by atoms with Crippen molar-refractivity contribution in [3.63, 3.8) is 0 Å². The van der Waals surface area contributed by atoms with E-state index in [0.717, 1.165) is 21.9 Å². The van der Waals surface area contributed by atoms with E-state index in [2.05, 4.69) is 20.9 Å². The van der Waals surface area contributed by atoms with Gasteiger partial charge in [-0.1, -0.05) is 39.7 Å². The zero-order valence-electron chi connectivity index (χ0n) is 26.8. The molecule has 2 saturated heterocycles. The number of phenolic OH excluding ortho intramolecular Hbond substituents is 1. The molecule has 260 valence electrons. The fourth-order valence-electron chi connectivity index (χ4n) is 8.50. The van der Waals surface area contributed by atoms with Crippen LogP contribution >= 0.6 is 39.1 Å². The lowest BCUT2D eigenvalue weighted by Crippen LogP contribution is -2.60. The average Bonchev–Trinajstić information content (AvgIpc) is 3.73. The number of rotatable bonds is 4. The zero-order valence-corrected chi connectivity index (χ0v) is 29.9. The number of anilines is 2. The predicted octanol–water partition coefficient (Wildman–Crippen LogP) is 7.87. The van der Waals surface area contributed by atoms with Crippen LogP contribution in [-0.4, -0.2) is 43.5 Å². The van der Waals surface area contributed by atoms with Crippen LogP contribution in [0.4, 0.5) is 15.8 Å². The Morgan fingerprint density at radius 2 is 1.54 bits per heavy atom. The monoisotopic (exact) mass is 799 g/mol. The lowest BCUT2D eigenvalue weighted by molar-refractivity contribution is -0.125. The van der Waals surface area contributed by atoms with E-state index in [-0.39, 0.29) is 29.8 Å². The number of alkyl halides is 2. The topological polar surface area (TPSA) is 121 Å². The molecule has 1 saturated carbocycles. The van der Waals surface area contributed by atoms with Crippen molar-refractivity contribution in [2.24, 2.45) is 17.8 Å². The minimum Gasteiger partial charge on any atom is -0.508 e. The molecule has 4 aromatic carbocycles. The van der Waals surface area contributed by atoms with Gasteiger partial charge in [0.2, 0.25) is 17.7 Å². The smallest absolute Gasteiger partial charge is 0.258 e. The molecule has 0 spiro atoms. The van der Waals surface area contributed by atoms with Gasteiger partial charge in [-0.15, -0.1) is 23.2 Å². The molecule has 1 aromatic heterocycles. The summed E-state index contributed by atoms with van der Waals surface area (Å²) >= 11 is 18.2. The molecular formula is C39H25BrCl2FN3O6. The van der Waals surface area contributed by atoms with Crippen LogP contribution in [0.1, 0.15) is 24.3 Å². The molecule has 4 aliphatic rings. The summed E-state index contributed by atoms with van der Waals surface area (Å²) in [6, 6.07) is 23.5. The van der Waals surface area contributed by atoms with Crippen LogP contribution in [0.5, 0.6) is 5.75 Å². The number of benzene rings is 4. The second-order valence-corrected chi connectivity index (χ2v) is 15.7. The van der Waals surface area contributed by atoms with Gasteiger partial charge in [0.05, 0.1) is 23.2 Å². The Balaban J connectivity index is 1.12. The number of fused-ring (bicyclic) bond motifs is 5. The Morgan fingerprint density at radius 1 is 0.846 bits per heavy atom. The van der Waals surface area contributed by atoms with Gasteiger partial charge >= 0.3 is 0 Å². The SMILES string of the molecule is O=C1C2CC=C3C(CC4(Cl)C(=O)N(c5ccc(F)cc5)C(=O)C4(Cl)C3c3cc(Br)ccc3O)C2C(=O)N1c1ccc(-c2nc3ccccc3o2)cc1. The summed E-state index contributed by atoms with van der Waals surface area (Å²) < 4.78 is 20.4. The Labute approximate surface area is 313 Å². The summed E-state index contributed by atoms with van der Waals surface area (Å²) in [5.74, 6) is -6.68. The lowest BCUT2D eigenvalue weighted by atomic mass is 9.56. The van der Waals surface area contributed by atoms with Crippen LogP contribution in [0.2, 0.25) is 0 Å². The van der Waals surface area contributed by atoms with Crippen molar-refractivity contribution in [1.29, 1.82) is 0 Å². The first-order valence-electron chi connectivity index (χ1n) is 16.5. The Morgan fingerprint density at radius 3 is 2.27 bits per heavy atom. The first kappa shape index (κ1) is 33.0. The highest BCUT2D eigenvalue weighted by Crippen LogP contribution is 2.66. The summed E-state index contributed by atoms with van der Waals surface area (Å²) in [6.45, 7) is 0. The number of aromatic nitrogens is 1. The van der Waals surface area contributed by atoms with E-state index in [1.807, 2.05) is 24.3 Å². The highest BCUT2D eigenvalue weighted by Gasteiger charge is 2.77. The van der Waals surface area contributed by atoms with Crippen molar-refractivity contribution in [2.45, 2.75) is 28.5 Å². The van der Waals surface area contributed by atoms with Crippen molar-refractivity contribution < 1.29 is 33.1 Å². The second-order valence-electron chi connectivity index (χ2n) is 13.5. The first-order chi connectivity index (χ1) is 24.9. The summed E-state index contributed by atoms with van der Waals surface area (Å²) in [6.07, 6.45) is 1.69. The van der Waals surface area contributed by atoms with E-state index in [4.69, 9.17) is 27.6 Å². The van der Waals surface area contributed by atoms with Gasteiger partial charge in [0.25, 0.3) is 11.8 Å². The average molecular weight is 801 g/mol. The number of carbonyl (C=O) groups excluding carboxylic acids is 4. The number of hydrogen-bond acceptors (Lipinski definition) is 7. The number of imide groups is 2. The fraction of sp³-hybridized carbons (Fsp3) is 0.205. The number of para-hydroxylation sites is 2. The number of hydrogen-bond donors (Lipinski definition) is 1. The number of allylic oxidation sites excluding steroid dienone is 2. The van der Waals surface area contributed by atoms with Gasteiger partial charge in [0.1, 0.15) is 17.1 Å². The van der Waals surface area contributed by atoms with Crippen LogP contribution in [-0.2, 0) is 19.2 Å². The second kappa shape index (κ2) is 11.6. The van der Waals surface area contributed by atoms with Crippen LogP contribution in [0.3, 0.4) is 0 Å². The van der Waals surface area contributed by atoms with E-state index >= 15 is 0 Å². The molecule has 1 N–H and O–H groups in total. The van der Waals surface area contributed by atoms with E-state index in [0.29, 0.717) is 38.3 Å². The maximum absolute atomic E-state index is 14.5. The number of phenols is 1. The molecular weight excluding hydrogens is 776 g/mol. The normalized spacial score (nSPS) is 28.3. The highest BCUT2D eigenvalue weighted by molar-refractivity contribution is 9.10. The summed E-state index contributed by atoms with van der Waals surface area (Å²) in [5, 5.41) is 11.2. The third-order valence-electron chi connectivity index (χ3n) is 10.9. The van der Waals surface area contributed by atoms with Crippen LogP contribution in [0.25, 0.3) is 22.6 Å². The lowest BCUT2D eigenvalue weighted by Gasteiger charge is -2.50. The Bertz CT molecular complexity index is 2390. The van der Waals surface area contributed by atoms with Gasteiger partial charge in [-0.2, -0.15) is 0 Å². The van der Waals surface area contributed by atoms with Gasteiger partial charge in [0, 0.05) is 21.5 Å². The molecule has 6 atom stereocenters. The molecule has 2 aliphatic heterocycles. The molecule has 3 fully saturated rings. The third-order valence-corrected chi connectivity index (χ3v) is 12.8. The molecule has 5 aromatic rings. The number of amides is 4. The van der Waals surface area contributed by atoms with E-state index in [1.54, 1.807) is 42.5 Å². The number of halogens is 4. The number of oxazole rings is 1. The predicted molar refractivity (Wildman–Crippen MR) is 194 cm³/mol. The van der Waals surface area contributed by atoms with E-state index < -0.39 is 62.9 Å². The third kappa shape index (κ3) is 4.48. The van der Waals surface area contributed by atoms with Crippen LogP contribution in [0, 0.1) is 23.6 Å². The number of carbonyl (C=O) groups is 4. The quantitative estimate of drug-likeness (QED) is 0.112. The molecule has 6 unspecified atom stereocenters. The van der Waals surface area contributed by atoms with E-state index in [9.17, 15) is 28.7 Å². The summed E-state index contributed by atoms with van der Waals surface area (Å²) in [4.78, 5) is 59.8. The summed E-state index contributed by atoms with van der Waals surface area (Å²) in [5.41, 5.74) is 3.14. The van der Waals surface area contributed by atoms with Gasteiger partial charge in [-0.05, 0) is 97.6 Å². The molecule has 3 heterocycles. The molecule has 13 heteroatoms. The van der Waals surface area contributed by atoms with Crippen molar-refractivity contribution in [3.8, 4) is 17.2 Å². The maximum atomic E-state index is 14.5. The van der Waals surface area contributed by atoms with Crippen LogP contribution < -0.4 is 9.80 Å². The van der Waals surface area contributed by atoms with Gasteiger partial charge < -0.3 is 9.52 Å². The summed E-state index contributed by atoms with van der Waals surface area (Å²) in [7, 11) is 0. The molecule has 4 amide bonds. The van der Waals surface area contributed by atoms with Crippen molar-refractivity contribution >= 4 is 85.2 Å². The zero-order chi connectivity index (χ0) is 36.3. The first-order valence-corrected chi connectivity index (χ1v) is 18.0. The maximum Gasteiger partial charge on any atom is 0.258 e. The van der Waals surface area contributed by atoms with Gasteiger partial charge in [-0.25, -0.2) is 14.3 Å². The van der Waals surface area contributed by atoms with Crippen LogP contribution in [0.15, 0.2) is 112 Å². The number of aromatic hydroxyl groups is 1. The molecule has 0 bridgehead atoms. The van der Waals surface area contributed by atoms with Crippen molar-refractivity contribution in [3.05, 3.63) is 118 Å².